The molecule has 5 nitrogen and oxygen atoms in total. The maximum atomic E-state index is 12.9. The normalized spacial score (nSPS) is 15.1. The van der Waals surface area contributed by atoms with E-state index in [0.29, 0.717) is 11.4 Å². The number of carbonyl (C=O) groups excluding carboxylic acids is 1. The molecule has 1 aromatic heterocycles. The second-order valence-corrected chi connectivity index (χ2v) is 5.17. The summed E-state index contributed by atoms with van der Waals surface area (Å²) < 4.78 is 12.9. The van der Waals surface area contributed by atoms with Crippen LogP contribution in [-0.4, -0.2) is 35.2 Å². The van der Waals surface area contributed by atoms with Crippen molar-refractivity contribution in [3.05, 3.63) is 41.8 Å². The lowest BCUT2D eigenvalue weighted by atomic mass is 10.1. The van der Waals surface area contributed by atoms with Crippen LogP contribution in [0.3, 0.4) is 0 Å². The highest BCUT2D eigenvalue weighted by Crippen LogP contribution is 2.18. The lowest BCUT2D eigenvalue weighted by molar-refractivity contribution is 0.0924. The molecular weight excluding hydrogens is 307 g/mol. The molecule has 1 saturated heterocycles. The second-order valence-electron chi connectivity index (χ2n) is 5.17. The number of H-pyrrole nitrogens is 1. The van der Waals surface area contributed by atoms with Gasteiger partial charge in [0.2, 0.25) is 0 Å². The molecule has 0 bridgehead atoms. The molecule has 22 heavy (non-hydrogen) atoms. The number of piperidine rings is 1. The number of nitrogens with one attached hydrogen (secondary N) is 3. The molecule has 3 rings (SSSR count). The zero-order chi connectivity index (χ0) is 14.7. The Kier molecular flexibility index (Phi) is 5.51. The summed E-state index contributed by atoms with van der Waals surface area (Å²) in [7, 11) is 0. The third-order valence-electron chi connectivity index (χ3n) is 3.64. The van der Waals surface area contributed by atoms with E-state index in [1.165, 1.54) is 12.1 Å². The van der Waals surface area contributed by atoms with E-state index in [1.807, 2.05) is 0 Å². The van der Waals surface area contributed by atoms with Crippen molar-refractivity contribution in [2.45, 2.75) is 18.9 Å². The number of nitrogens with zero attached hydrogens (tertiary/aromatic N) is 1. The molecule has 0 atom stereocenters. The van der Waals surface area contributed by atoms with Gasteiger partial charge in [0.15, 0.2) is 0 Å². The monoisotopic (exact) mass is 324 g/mol. The molecule has 0 aliphatic carbocycles. The molecule has 1 amide bonds. The van der Waals surface area contributed by atoms with Gasteiger partial charge in [-0.25, -0.2) is 4.39 Å². The minimum atomic E-state index is -0.293. The summed E-state index contributed by atoms with van der Waals surface area (Å²) in [4.78, 5) is 12.1. The van der Waals surface area contributed by atoms with Gasteiger partial charge >= 0.3 is 0 Å². The molecule has 1 aliphatic rings. The Balaban J connectivity index is 0.00000176. The van der Waals surface area contributed by atoms with Gasteiger partial charge in [0, 0.05) is 11.6 Å². The van der Waals surface area contributed by atoms with E-state index in [-0.39, 0.29) is 30.2 Å². The zero-order valence-corrected chi connectivity index (χ0v) is 12.8. The number of amides is 1. The molecule has 0 spiro atoms. The number of benzene rings is 1. The van der Waals surface area contributed by atoms with Gasteiger partial charge in [-0.2, -0.15) is 5.10 Å². The van der Waals surface area contributed by atoms with Crippen LogP contribution in [0.5, 0.6) is 0 Å². The highest BCUT2D eigenvalue weighted by atomic mass is 35.5. The van der Waals surface area contributed by atoms with Crippen LogP contribution in [0.15, 0.2) is 30.3 Å². The Labute approximate surface area is 134 Å². The third-order valence-corrected chi connectivity index (χ3v) is 3.64. The van der Waals surface area contributed by atoms with Gasteiger partial charge < -0.3 is 10.6 Å². The number of hydrogen-bond donors (Lipinski definition) is 3. The summed E-state index contributed by atoms with van der Waals surface area (Å²) in [5.74, 6) is -0.444. The van der Waals surface area contributed by atoms with Crippen molar-refractivity contribution in [2.75, 3.05) is 13.1 Å². The first-order valence-electron chi connectivity index (χ1n) is 7.05. The van der Waals surface area contributed by atoms with Crippen LogP contribution in [0, 0.1) is 5.82 Å². The summed E-state index contributed by atoms with van der Waals surface area (Å²) >= 11 is 0. The van der Waals surface area contributed by atoms with Crippen molar-refractivity contribution >= 4 is 18.3 Å². The Bertz CT molecular complexity index is 623. The van der Waals surface area contributed by atoms with E-state index < -0.39 is 0 Å². The van der Waals surface area contributed by atoms with E-state index in [2.05, 4.69) is 20.8 Å². The quantitative estimate of drug-likeness (QED) is 0.810. The molecule has 0 unspecified atom stereocenters. The van der Waals surface area contributed by atoms with Crippen molar-refractivity contribution in [3.63, 3.8) is 0 Å². The number of carbonyl (C=O) groups is 1. The fraction of sp³-hybridized carbons (Fsp3) is 0.333. The van der Waals surface area contributed by atoms with Gasteiger partial charge in [-0.1, -0.05) is 0 Å². The van der Waals surface area contributed by atoms with Crippen LogP contribution >= 0.6 is 12.4 Å². The zero-order valence-electron chi connectivity index (χ0n) is 11.9. The number of rotatable bonds is 3. The smallest absolute Gasteiger partial charge is 0.269 e. The minimum Gasteiger partial charge on any atom is -0.348 e. The van der Waals surface area contributed by atoms with E-state index in [9.17, 15) is 9.18 Å². The maximum absolute atomic E-state index is 12.9. The lowest BCUT2D eigenvalue weighted by Gasteiger charge is -2.23. The van der Waals surface area contributed by atoms with Crippen molar-refractivity contribution in [3.8, 4) is 11.3 Å². The molecule has 3 N–H and O–H groups in total. The predicted molar refractivity (Wildman–Crippen MR) is 84.6 cm³/mol. The molecule has 7 heteroatoms. The molecule has 2 aromatic rings. The second kappa shape index (κ2) is 7.38. The first-order valence-corrected chi connectivity index (χ1v) is 7.05. The van der Waals surface area contributed by atoms with Gasteiger partial charge in [0.05, 0.1) is 5.69 Å². The van der Waals surface area contributed by atoms with E-state index in [0.717, 1.165) is 31.5 Å². The molecule has 0 radical (unpaired) electrons. The van der Waals surface area contributed by atoms with Gasteiger partial charge in [-0.05, 0) is 56.3 Å². The van der Waals surface area contributed by atoms with E-state index in [4.69, 9.17) is 0 Å². The number of aromatic nitrogens is 2. The topological polar surface area (TPSA) is 69.8 Å². The predicted octanol–water partition coefficient (Wildman–Crippen LogP) is 2.12. The number of hydrogen-bond acceptors (Lipinski definition) is 3. The molecular formula is C15H18ClFN4O. The lowest BCUT2D eigenvalue weighted by Crippen LogP contribution is -2.42. The van der Waals surface area contributed by atoms with Gasteiger partial charge in [0.1, 0.15) is 11.5 Å². The van der Waals surface area contributed by atoms with Crippen LogP contribution in [0.1, 0.15) is 23.3 Å². The number of halogens is 2. The molecule has 2 heterocycles. The third kappa shape index (κ3) is 3.84. The Morgan fingerprint density at radius 1 is 1.23 bits per heavy atom. The summed E-state index contributed by atoms with van der Waals surface area (Å²) in [6.45, 7) is 1.85. The van der Waals surface area contributed by atoms with Crippen LogP contribution in [-0.2, 0) is 0 Å². The van der Waals surface area contributed by atoms with Crippen LogP contribution in [0.4, 0.5) is 4.39 Å². The van der Waals surface area contributed by atoms with Crippen LogP contribution < -0.4 is 10.6 Å². The Morgan fingerprint density at radius 3 is 2.59 bits per heavy atom. The van der Waals surface area contributed by atoms with Crippen molar-refractivity contribution in [1.29, 1.82) is 0 Å². The first kappa shape index (κ1) is 16.5. The summed E-state index contributed by atoms with van der Waals surface area (Å²) in [5.41, 5.74) is 1.83. The fourth-order valence-electron chi connectivity index (χ4n) is 2.44. The Morgan fingerprint density at radius 2 is 1.91 bits per heavy atom. The number of aromatic amines is 1. The molecule has 1 fully saturated rings. The van der Waals surface area contributed by atoms with Crippen molar-refractivity contribution in [2.24, 2.45) is 0 Å². The SMILES string of the molecule is Cl.O=C(NC1CCNCC1)c1cc(-c2ccc(F)cc2)n[nH]1. The molecule has 1 aliphatic heterocycles. The molecule has 118 valence electrons. The average Bonchev–Trinajstić information content (AvgIpc) is 2.99. The molecule has 1 aromatic carbocycles. The highest BCUT2D eigenvalue weighted by molar-refractivity contribution is 5.93. The van der Waals surface area contributed by atoms with Gasteiger partial charge in [0.25, 0.3) is 5.91 Å². The minimum absolute atomic E-state index is 0. The Hall–Kier alpha value is -1.92. The summed E-state index contributed by atoms with van der Waals surface area (Å²) in [5, 5.41) is 13.1. The average molecular weight is 325 g/mol. The maximum Gasteiger partial charge on any atom is 0.269 e. The van der Waals surface area contributed by atoms with Gasteiger partial charge in [-0.3, -0.25) is 9.89 Å². The summed E-state index contributed by atoms with van der Waals surface area (Å²) in [6, 6.07) is 7.91. The first-order chi connectivity index (χ1) is 10.2. The highest BCUT2D eigenvalue weighted by Gasteiger charge is 2.18. The fourth-order valence-corrected chi connectivity index (χ4v) is 2.44. The van der Waals surface area contributed by atoms with E-state index in [1.54, 1.807) is 18.2 Å². The molecule has 0 saturated carbocycles. The van der Waals surface area contributed by atoms with Gasteiger partial charge in [-0.15, -0.1) is 12.4 Å². The van der Waals surface area contributed by atoms with Crippen molar-refractivity contribution < 1.29 is 9.18 Å². The van der Waals surface area contributed by atoms with Crippen molar-refractivity contribution in [1.82, 2.24) is 20.8 Å². The van der Waals surface area contributed by atoms with E-state index >= 15 is 0 Å². The summed E-state index contributed by atoms with van der Waals surface area (Å²) in [6.07, 6.45) is 1.87. The largest absolute Gasteiger partial charge is 0.348 e. The van der Waals surface area contributed by atoms with Crippen LogP contribution in [0.2, 0.25) is 0 Å². The van der Waals surface area contributed by atoms with Crippen LogP contribution in [0.25, 0.3) is 11.3 Å². The standard InChI is InChI=1S/C15H17FN4O.ClH/c16-11-3-1-10(2-4-11)13-9-14(20-19-13)15(21)18-12-5-7-17-8-6-12;/h1-4,9,12,17H,5-8H2,(H,18,21)(H,19,20);1H.